The van der Waals surface area contributed by atoms with Crippen LogP contribution in [0.5, 0.6) is 0 Å². The average molecular weight is 271 g/mol. The van der Waals surface area contributed by atoms with Gasteiger partial charge in [-0.25, -0.2) is 0 Å². The van der Waals surface area contributed by atoms with Crippen LogP contribution in [0.25, 0.3) is 0 Å². The maximum absolute atomic E-state index is 12.2. The van der Waals surface area contributed by atoms with E-state index in [-0.39, 0.29) is 5.25 Å². The predicted octanol–water partition coefficient (Wildman–Crippen LogP) is 0.636. The van der Waals surface area contributed by atoms with Gasteiger partial charge in [0.1, 0.15) is 0 Å². The standard InChI is InChI=1S/C13H25N3OS/c1-15(9-10-16-7-5-14-6-8-16)13(17)12-4-2-3-11-18-12/h12,14H,2-11H2,1H3. The molecule has 2 saturated heterocycles. The van der Waals surface area contributed by atoms with E-state index in [9.17, 15) is 4.79 Å². The van der Waals surface area contributed by atoms with Crippen LogP contribution in [-0.4, -0.2) is 73.0 Å². The highest BCUT2D eigenvalue weighted by atomic mass is 32.2. The lowest BCUT2D eigenvalue weighted by molar-refractivity contribution is -0.129. The molecule has 104 valence electrons. The summed E-state index contributed by atoms with van der Waals surface area (Å²) in [6.45, 7) is 6.27. The van der Waals surface area contributed by atoms with Gasteiger partial charge in [0.15, 0.2) is 0 Å². The quantitative estimate of drug-likeness (QED) is 0.814. The van der Waals surface area contributed by atoms with Gasteiger partial charge in [0, 0.05) is 46.3 Å². The Kier molecular flexibility index (Phi) is 5.79. The highest BCUT2D eigenvalue weighted by Gasteiger charge is 2.24. The molecule has 1 amide bonds. The molecule has 2 rings (SSSR count). The highest BCUT2D eigenvalue weighted by molar-refractivity contribution is 8.00. The van der Waals surface area contributed by atoms with Crippen molar-refractivity contribution in [3.05, 3.63) is 0 Å². The molecule has 0 aromatic heterocycles. The Morgan fingerprint density at radius 2 is 2.17 bits per heavy atom. The predicted molar refractivity (Wildman–Crippen MR) is 77.0 cm³/mol. The van der Waals surface area contributed by atoms with Gasteiger partial charge in [0.2, 0.25) is 5.91 Å². The third kappa shape index (κ3) is 4.14. The highest BCUT2D eigenvalue weighted by Crippen LogP contribution is 2.26. The zero-order valence-corrected chi connectivity index (χ0v) is 12.2. The van der Waals surface area contributed by atoms with Gasteiger partial charge in [-0.2, -0.15) is 0 Å². The minimum Gasteiger partial charge on any atom is -0.344 e. The Labute approximate surface area is 114 Å². The molecule has 1 atom stereocenters. The number of amides is 1. The van der Waals surface area contributed by atoms with Gasteiger partial charge in [-0.3, -0.25) is 9.69 Å². The fourth-order valence-corrected chi connectivity index (χ4v) is 3.83. The van der Waals surface area contributed by atoms with Crippen molar-refractivity contribution in [3.63, 3.8) is 0 Å². The van der Waals surface area contributed by atoms with Crippen molar-refractivity contribution in [1.82, 2.24) is 15.1 Å². The summed E-state index contributed by atoms with van der Waals surface area (Å²) >= 11 is 1.85. The lowest BCUT2D eigenvalue weighted by atomic mass is 10.1. The number of carbonyl (C=O) groups excluding carboxylic acids is 1. The summed E-state index contributed by atoms with van der Waals surface area (Å²) in [4.78, 5) is 16.6. The van der Waals surface area contributed by atoms with E-state index in [1.165, 1.54) is 12.8 Å². The number of rotatable bonds is 4. The maximum atomic E-state index is 12.2. The van der Waals surface area contributed by atoms with Gasteiger partial charge >= 0.3 is 0 Å². The minimum absolute atomic E-state index is 0.228. The zero-order chi connectivity index (χ0) is 12.8. The van der Waals surface area contributed by atoms with E-state index in [1.54, 1.807) is 0 Å². The number of likely N-dealkylation sites (N-methyl/N-ethyl adjacent to an activating group) is 1. The number of hydrogen-bond donors (Lipinski definition) is 1. The second-order valence-electron chi connectivity index (χ2n) is 5.21. The number of carbonyl (C=O) groups is 1. The topological polar surface area (TPSA) is 35.6 Å². The van der Waals surface area contributed by atoms with Gasteiger partial charge in [-0.1, -0.05) is 6.42 Å². The van der Waals surface area contributed by atoms with Crippen molar-refractivity contribution in [3.8, 4) is 0 Å². The molecule has 2 fully saturated rings. The molecule has 5 heteroatoms. The van der Waals surface area contributed by atoms with E-state index in [4.69, 9.17) is 0 Å². The van der Waals surface area contributed by atoms with Crippen molar-refractivity contribution < 1.29 is 4.79 Å². The molecule has 1 unspecified atom stereocenters. The number of hydrogen-bond acceptors (Lipinski definition) is 4. The van der Waals surface area contributed by atoms with E-state index < -0.39 is 0 Å². The van der Waals surface area contributed by atoms with Crippen LogP contribution in [0.3, 0.4) is 0 Å². The van der Waals surface area contributed by atoms with Crippen LogP contribution in [0.1, 0.15) is 19.3 Å². The van der Waals surface area contributed by atoms with E-state index in [0.29, 0.717) is 5.91 Å². The SMILES string of the molecule is CN(CCN1CCNCC1)C(=O)C1CCCCS1. The molecule has 2 aliphatic heterocycles. The van der Waals surface area contributed by atoms with Gasteiger partial charge in [-0.15, -0.1) is 11.8 Å². The summed E-state index contributed by atoms with van der Waals surface area (Å²) in [5.41, 5.74) is 0. The van der Waals surface area contributed by atoms with Crippen LogP contribution in [-0.2, 0) is 4.79 Å². The molecule has 0 radical (unpaired) electrons. The monoisotopic (exact) mass is 271 g/mol. The van der Waals surface area contributed by atoms with E-state index in [0.717, 1.165) is 51.4 Å². The minimum atomic E-state index is 0.228. The number of piperazine rings is 1. The van der Waals surface area contributed by atoms with Crippen molar-refractivity contribution >= 4 is 17.7 Å². The molecule has 0 spiro atoms. The normalized spacial score (nSPS) is 25.9. The van der Waals surface area contributed by atoms with E-state index in [1.807, 2.05) is 23.7 Å². The molecule has 0 bridgehead atoms. The zero-order valence-electron chi connectivity index (χ0n) is 11.4. The van der Waals surface area contributed by atoms with Crippen molar-refractivity contribution in [2.75, 3.05) is 52.1 Å². The van der Waals surface area contributed by atoms with Crippen LogP contribution in [0, 0.1) is 0 Å². The third-order valence-electron chi connectivity index (χ3n) is 3.79. The Bertz CT molecular complexity index is 263. The number of nitrogens with one attached hydrogen (secondary N) is 1. The maximum Gasteiger partial charge on any atom is 0.235 e. The van der Waals surface area contributed by atoms with Crippen LogP contribution < -0.4 is 5.32 Å². The summed E-state index contributed by atoms with van der Waals surface area (Å²) in [5, 5.41) is 3.58. The fraction of sp³-hybridized carbons (Fsp3) is 0.923. The number of thioether (sulfide) groups is 1. The Morgan fingerprint density at radius 3 is 2.83 bits per heavy atom. The molecule has 0 saturated carbocycles. The second kappa shape index (κ2) is 7.36. The Morgan fingerprint density at radius 1 is 1.39 bits per heavy atom. The van der Waals surface area contributed by atoms with Crippen molar-refractivity contribution in [2.45, 2.75) is 24.5 Å². The first-order valence-electron chi connectivity index (χ1n) is 7.07. The molecule has 18 heavy (non-hydrogen) atoms. The van der Waals surface area contributed by atoms with Crippen LogP contribution in [0.15, 0.2) is 0 Å². The molecule has 2 heterocycles. The lowest BCUT2D eigenvalue weighted by Gasteiger charge is -2.31. The first-order chi connectivity index (χ1) is 8.77. The molecule has 0 aromatic rings. The van der Waals surface area contributed by atoms with Crippen LogP contribution >= 0.6 is 11.8 Å². The molecule has 0 aromatic carbocycles. The summed E-state index contributed by atoms with van der Waals surface area (Å²) in [6.07, 6.45) is 3.56. The van der Waals surface area contributed by atoms with Crippen molar-refractivity contribution in [1.29, 1.82) is 0 Å². The largest absolute Gasteiger partial charge is 0.344 e. The molecule has 2 aliphatic rings. The number of nitrogens with zero attached hydrogens (tertiary/aromatic N) is 2. The second-order valence-corrected chi connectivity index (χ2v) is 6.52. The summed E-state index contributed by atoms with van der Waals surface area (Å²) in [5.74, 6) is 1.50. The first kappa shape index (κ1) is 14.2. The molecular formula is C13H25N3OS. The molecule has 1 N–H and O–H groups in total. The fourth-order valence-electron chi connectivity index (χ4n) is 2.52. The van der Waals surface area contributed by atoms with E-state index >= 15 is 0 Å². The smallest absolute Gasteiger partial charge is 0.235 e. The average Bonchev–Trinajstić information content (AvgIpc) is 2.46. The summed E-state index contributed by atoms with van der Waals surface area (Å²) in [7, 11) is 1.96. The third-order valence-corrected chi connectivity index (χ3v) is 5.16. The Hall–Kier alpha value is -0.260. The summed E-state index contributed by atoms with van der Waals surface area (Å²) in [6, 6.07) is 0. The first-order valence-corrected chi connectivity index (χ1v) is 8.12. The Balaban J connectivity index is 1.69. The van der Waals surface area contributed by atoms with Crippen LogP contribution in [0.4, 0.5) is 0 Å². The summed E-state index contributed by atoms with van der Waals surface area (Å²) < 4.78 is 0. The van der Waals surface area contributed by atoms with Gasteiger partial charge in [0.05, 0.1) is 5.25 Å². The lowest BCUT2D eigenvalue weighted by Crippen LogP contribution is -2.47. The van der Waals surface area contributed by atoms with Crippen molar-refractivity contribution in [2.24, 2.45) is 0 Å². The van der Waals surface area contributed by atoms with Crippen LogP contribution in [0.2, 0.25) is 0 Å². The molecule has 4 nitrogen and oxygen atoms in total. The van der Waals surface area contributed by atoms with Gasteiger partial charge in [-0.05, 0) is 18.6 Å². The van der Waals surface area contributed by atoms with E-state index in [2.05, 4.69) is 10.2 Å². The van der Waals surface area contributed by atoms with Gasteiger partial charge in [0.25, 0.3) is 0 Å². The van der Waals surface area contributed by atoms with Gasteiger partial charge < -0.3 is 10.2 Å². The molecular weight excluding hydrogens is 246 g/mol. The molecule has 0 aliphatic carbocycles.